The molecule has 2 heterocycles. The highest BCUT2D eigenvalue weighted by atomic mass is 16.5. The lowest BCUT2D eigenvalue weighted by Gasteiger charge is -2.26. The van der Waals surface area contributed by atoms with E-state index >= 15 is 0 Å². The third kappa shape index (κ3) is 4.02. The number of fused-ring (bicyclic) bond motifs is 1. The number of carbonyl (C=O) groups excluding carboxylic acids is 1. The first kappa shape index (κ1) is 21.7. The number of H-pyrrole nitrogens is 1. The Morgan fingerprint density at radius 1 is 1.00 bits per heavy atom. The van der Waals surface area contributed by atoms with E-state index in [2.05, 4.69) is 10.2 Å². The summed E-state index contributed by atoms with van der Waals surface area (Å²) in [5.74, 6) is 1.40. The van der Waals surface area contributed by atoms with Gasteiger partial charge in [0.25, 0.3) is 5.91 Å². The number of aromatic nitrogens is 2. The van der Waals surface area contributed by atoms with Gasteiger partial charge in [-0.2, -0.15) is 5.10 Å². The number of aromatic amines is 1. The minimum atomic E-state index is -0.382. The summed E-state index contributed by atoms with van der Waals surface area (Å²) in [6.07, 6.45) is 0.697. The third-order valence-electron chi connectivity index (χ3n) is 5.92. The Kier molecular flexibility index (Phi) is 6.01. The summed E-state index contributed by atoms with van der Waals surface area (Å²) in [7, 11) is 1.65. The van der Waals surface area contributed by atoms with Crippen LogP contribution in [0.4, 0.5) is 0 Å². The minimum absolute atomic E-state index is 0.113. The van der Waals surface area contributed by atoms with Crippen LogP contribution in [0.15, 0.2) is 78.9 Å². The number of methoxy groups -OCH3 is 1. The number of ether oxygens (including phenoxy) is 2. The molecule has 0 aliphatic carbocycles. The molecule has 5 rings (SSSR count). The number of aromatic hydroxyl groups is 1. The Balaban J connectivity index is 1.58. The van der Waals surface area contributed by atoms with Gasteiger partial charge in [-0.15, -0.1) is 0 Å². The van der Waals surface area contributed by atoms with Crippen LogP contribution in [0.5, 0.6) is 17.2 Å². The quantitative estimate of drug-likeness (QED) is 0.359. The molecule has 3 aromatic carbocycles. The van der Waals surface area contributed by atoms with Crippen molar-refractivity contribution in [3.05, 3.63) is 95.7 Å². The van der Waals surface area contributed by atoms with Gasteiger partial charge in [0.2, 0.25) is 0 Å². The fraction of sp³-hybridized carbons (Fsp3) is 0.185. The summed E-state index contributed by atoms with van der Waals surface area (Å²) in [6.45, 7) is 1.07. The van der Waals surface area contributed by atoms with Crippen LogP contribution in [0.2, 0.25) is 0 Å². The van der Waals surface area contributed by atoms with E-state index in [4.69, 9.17) is 9.47 Å². The molecule has 172 valence electrons. The van der Waals surface area contributed by atoms with Gasteiger partial charge in [-0.05, 0) is 48.4 Å². The second-order valence-corrected chi connectivity index (χ2v) is 8.11. The molecule has 34 heavy (non-hydrogen) atoms. The zero-order valence-electron chi connectivity index (χ0n) is 18.8. The fourth-order valence-electron chi connectivity index (χ4n) is 4.41. The Labute approximate surface area is 197 Å². The predicted molar refractivity (Wildman–Crippen MR) is 128 cm³/mol. The number of nitrogens with one attached hydrogen (secondary N) is 1. The van der Waals surface area contributed by atoms with Gasteiger partial charge in [0.05, 0.1) is 6.04 Å². The summed E-state index contributed by atoms with van der Waals surface area (Å²) in [5.41, 5.74) is 3.23. The predicted octanol–water partition coefficient (Wildman–Crippen LogP) is 5.16. The molecule has 0 radical (unpaired) electrons. The van der Waals surface area contributed by atoms with Crippen molar-refractivity contribution in [2.45, 2.75) is 12.5 Å². The molecule has 0 fully saturated rings. The molecule has 1 aliphatic heterocycles. The second kappa shape index (κ2) is 9.41. The molecule has 7 nitrogen and oxygen atoms in total. The van der Waals surface area contributed by atoms with Crippen molar-refractivity contribution in [1.29, 1.82) is 0 Å². The highest BCUT2D eigenvalue weighted by molar-refractivity contribution is 6.00. The molecule has 0 bridgehead atoms. The number of phenolic OH excluding ortho intramolecular Hbond substituents is 1. The van der Waals surface area contributed by atoms with Crippen LogP contribution in [0, 0.1) is 0 Å². The summed E-state index contributed by atoms with van der Waals surface area (Å²) in [4.78, 5) is 15.2. The van der Waals surface area contributed by atoms with Crippen LogP contribution in [-0.4, -0.2) is 46.4 Å². The van der Waals surface area contributed by atoms with Crippen LogP contribution >= 0.6 is 0 Å². The molecule has 0 saturated carbocycles. The number of amides is 1. The standard InChI is InChI=1S/C27H25N3O4/c1-33-16-8-15-30-26(18-9-7-12-20(17-18)34-19-10-3-2-4-11-19)23-24(28-29-25(23)27(30)32)21-13-5-6-14-22(21)31/h2-7,9-14,17,26,31H,8,15-16H2,1H3,(H,28,29)/t26-/m1/s1. The van der Waals surface area contributed by atoms with E-state index in [1.165, 1.54) is 0 Å². The molecule has 4 aromatic rings. The maximum atomic E-state index is 13.4. The summed E-state index contributed by atoms with van der Waals surface area (Å²) in [5, 5.41) is 17.8. The van der Waals surface area contributed by atoms with Gasteiger partial charge < -0.3 is 19.5 Å². The maximum absolute atomic E-state index is 13.4. The van der Waals surface area contributed by atoms with Crippen LogP contribution in [0.1, 0.15) is 34.1 Å². The highest BCUT2D eigenvalue weighted by Gasteiger charge is 2.42. The van der Waals surface area contributed by atoms with E-state index in [1.807, 2.05) is 65.6 Å². The van der Waals surface area contributed by atoms with Gasteiger partial charge in [0.1, 0.15) is 28.6 Å². The van der Waals surface area contributed by atoms with Crippen molar-refractivity contribution in [3.8, 4) is 28.5 Å². The summed E-state index contributed by atoms with van der Waals surface area (Å²) < 4.78 is 11.3. The molecule has 2 N–H and O–H groups in total. The first-order valence-corrected chi connectivity index (χ1v) is 11.2. The van der Waals surface area contributed by atoms with Crippen LogP contribution < -0.4 is 4.74 Å². The van der Waals surface area contributed by atoms with Crippen molar-refractivity contribution in [2.24, 2.45) is 0 Å². The number of hydrogen-bond donors (Lipinski definition) is 2. The zero-order valence-corrected chi connectivity index (χ0v) is 18.8. The number of para-hydroxylation sites is 2. The van der Waals surface area contributed by atoms with Gasteiger partial charge in [-0.3, -0.25) is 9.89 Å². The molecular weight excluding hydrogens is 430 g/mol. The van der Waals surface area contributed by atoms with Crippen LogP contribution in [-0.2, 0) is 4.74 Å². The topological polar surface area (TPSA) is 87.7 Å². The van der Waals surface area contributed by atoms with Crippen molar-refractivity contribution in [2.75, 3.05) is 20.3 Å². The van der Waals surface area contributed by atoms with Gasteiger partial charge >= 0.3 is 0 Å². The fourth-order valence-corrected chi connectivity index (χ4v) is 4.41. The molecular formula is C27H25N3O4. The van der Waals surface area contributed by atoms with Gasteiger partial charge in [-0.25, -0.2) is 0 Å². The van der Waals surface area contributed by atoms with E-state index in [-0.39, 0.29) is 17.7 Å². The Hall–Kier alpha value is -4.10. The molecule has 0 saturated heterocycles. The van der Waals surface area contributed by atoms with Crippen molar-refractivity contribution >= 4 is 5.91 Å². The number of benzene rings is 3. The number of hydrogen-bond acceptors (Lipinski definition) is 5. The molecule has 7 heteroatoms. The van der Waals surface area contributed by atoms with Gasteiger partial charge in [0.15, 0.2) is 0 Å². The summed E-state index contributed by atoms with van der Waals surface area (Å²) >= 11 is 0. The maximum Gasteiger partial charge on any atom is 0.273 e. The van der Waals surface area contributed by atoms with Crippen molar-refractivity contribution < 1.29 is 19.4 Å². The lowest BCUT2D eigenvalue weighted by molar-refractivity contribution is 0.0723. The SMILES string of the molecule is COCCCN1C(=O)c2[nH]nc(-c3ccccc3O)c2[C@H]1c1cccc(Oc2ccccc2)c1. The lowest BCUT2D eigenvalue weighted by Crippen LogP contribution is -2.31. The summed E-state index contributed by atoms with van der Waals surface area (Å²) in [6, 6.07) is 23.9. The Bertz CT molecular complexity index is 1300. The first-order valence-electron chi connectivity index (χ1n) is 11.2. The second-order valence-electron chi connectivity index (χ2n) is 8.11. The molecule has 0 spiro atoms. The number of nitrogens with zero attached hydrogens (tertiary/aromatic N) is 2. The molecule has 1 aromatic heterocycles. The smallest absolute Gasteiger partial charge is 0.273 e. The largest absolute Gasteiger partial charge is 0.507 e. The number of phenols is 1. The Morgan fingerprint density at radius 3 is 2.56 bits per heavy atom. The number of rotatable bonds is 8. The third-order valence-corrected chi connectivity index (χ3v) is 5.92. The molecule has 1 amide bonds. The zero-order chi connectivity index (χ0) is 23.5. The van der Waals surface area contributed by atoms with Crippen LogP contribution in [0.25, 0.3) is 11.3 Å². The van der Waals surface area contributed by atoms with Crippen molar-refractivity contribution in [3.63, 3.8) is 0 Å². The molecule has 1 atom stereocenters. The van der Waals surface area contributed by atoms with E-state index < -0.39 is 0 Å². The van der Waals surface area contributed by atoms with Gasteiger partial charge in [-0.1, -0.05) is 42.5 Å². The average molecular weight is 456 g/mol. The Morgan fingerprint density at radius 2 is 1.76 bits per heavy atom. The monoisotopic (exact) mass is 455 g/mol. The first-order chi connectivity index (χ1) is 16.7. The van der Waals surface area contributed by atoms with Crippen LogP contribution in [0.3, 0.4) is 0 Å². The van der Waals surface area contributed by atoms with Crippen molar-refractivity contribution in [1.82, 2.24) is 15.1 Å². The average Bonchev–Trinajstić information content (AvgIpc) is 3.39. The van der Waals surface area contributed by atoms with Gasteiger partial charge in [0, 0.05) is 31.4 Å². The molecule has 1 aliphatic rings. The lowest BCUT2D eigenvalue weighted by atomic mass is 9.95. The minimum Gasteiger partial charge on any atom is -0.507 e. The molecule has 0 unspecified atom stereocenters. The highest BCUT2D eigenvalue weighted by Crippen LogP contribution is 2.45. The normalized spacial score (nSPS) is 14.9. The van der Waals surface area contributed by atoms with E-state index in [1.54, 1.807) is 25.3 Å². The number of carbonyl (C=O) groups is 1. The van der Waals surface area contributed by atoms with E-state index in [0.717, 1.165) is 16.9 Å². The van der Waals surface area contributed by atoms with E-state index in [0.29, 0.717) is 42.3 Å². The van der Waals surface area contributed by atoms with E-state index in [9.17, 15) is 9.90 Å².